The number of carbonyl (C=O) groups excluding carboxylic acids is 1. The van der Waals surface area contributed by atoms with Crippen LogP contribution in [-0.4, -0.2) is 74.4 Å². The Balaban J connectivity index is 1.34. The number of sulfonamides is 1. The maximum absolute atomic E-state index is 13.2. The topological polar surface area (TPSA) is 137 Å². The molecule has 0 aliphatic carbocycles. The Kier molecular flexibility index (Phi) is 5.33. The van der Waals surface area contributed by atoms with E-state index in [9.17, 15) is 18.0 Å². The van der Waals surface area contributed by atoms with Crippen molar-refractivity contribution < 1.29 is 13.2 Å². The summed E-state index contributed by atoms with van der Waals surface area (Å²) in [6.07, 6.45) is 1.55. The van der Waals surface area contributed by atoms with E-state index in [1.54, 1.807) is 21.8 Å². The van der Waals surface area contributed by atoms with Crippen molar-refractivity contribution in [2.75, 3.05) is 26.2 Å². The van der Waals surface area contributed by atoms with Gasteiger partial charge in [0.2, 0.25) is 10.0 Å². The predicted octanol–water partition coefficient (Wildman–Crippen LogP) is 1.58. The lowest BCUT2D eigenvalue weighted by atomic mass is 9.90. The zero-order chi connectivity index (χ0) is 25.1. The Labute approximate surface area is 201 Å². The Hall–Kier alpha value is -3.51. The number of H-pyrrole nitrogens is 2. The number of nitrogens with zero attached hydrogens (tertiary/aromatic N) is 5. The summed E-state index contributed by atoms with van der Waals surface area (Å²) in [5, 5.41) is 5.43. The predicted molar refractivity (Wildman–Crippen MR) is 131 cm³/mol. The average molecular weight is 498 g/mol. The van der Waals surface area contributed by atoms with Crippen LogP contribution in [0.25, 0.3) is 22.1 Å². The molecular weight excluding hydrogens is 470 g/mol. The highest BCUT2D eigenvalue weighted by atomic mass is 32.2. The summed E-state index contributed by atoms with van der Waals surface area (Å²) in [7, 11) is -1.94. The first-order valence-electron chi connectivity index (χ1n) is 11.3. The molecule has 5 rings (SSSR count). The zero-order valence-electron chi connectivity index (χ0n) is 20.0. The van der Waals surface area contributed by atoms with Crippen LogP contribution in [0.4, 0.5) is 0 Å². The molecular formula is C23H27N7O4S. The summed E-state index contributed by atoms with van der Waals surface area (Å²) in [5.74, 6) is -0.188. The number of nitrogens with one attached hydrogen (secondary N) is 2. The highest BCUT2D eigenvalue weighted by Gasteiger charge is 2.31. The maximum Gasteiger partial charge on any atom is 0.323 e. The van der Waals surface area contributed by atoms with Gasteiger partial charge in [0.25, 0.3) is 5.91 Å². The number of imidazole rings is 1. The highest BCUT2D eigenvalue weighted by molar-refractivity contribution is 7.89. The molecule has 1 amide bonds. The molecule has 12 heteroatoms. The quantitative estimate of drug-likeness (QED) is 0.441. The van der Waals surface area contributed by atoms with Crippen LogP contribution in [0.15, 0.2) is 40.2 Å². The molecule has 2 N–H and O–H groups in total. The fraction of sp³-hybridized carbons (Fsp3) is 0.391. The van der Waals surface area contributed by atoms with E-state index in [-0.39, 0.29) is 42.4 Å². The number of hydrogen-bond acceptors (Lipinski definition) is 6. The standard InChI is InChI=1S/C23H27N7O4S/c1-23(2,3)19-16-11-14(13-24-20(16)28(4)27-19)21(31)29-7-9-30(10-8-29)35(33,34)15-5-6-17-18(12-15)26-22(32)25-17/h5-6,11-13H,7-10H2,1-4H3,(H2,25,26,32). The fourth-order valence-corrected chi connectivity index (χ4v) is 5.90. The summed E-state index contributed by atoms with van der Waals surface area (Å²) >= 11 is 0. The average Bonchev–Trinajstić information content (AvgIpc) is 3.36. The Morgan fingerprint density at radius 2 is 1.71 bits per heavy atom. The number of piperazine rings is 1. The first-order valence-corrected chi connectivity index (χ1v) is 12.7. The molecule has 4 heterocycles. The van der Waals surface area contributed by atoms with Gasteiger partial charge in [-0.1, -0.05) is 20.8 Å². The summed E-state index contributed by atoms with van der Waals surface area (Å²) in [4.78, 5) is 36.1. The molecule has 4 aromatic rings. The second-order valence-corrected chi connectivity index (χ2v) is 11.7. The van der Waals surface area contributed by atoms with Gasteiger partial charge in [-0.3, -0.25) is 9.48 Å². The van der Waals surface area contributed by atoms with Crippen molar-refractivity contribution in [1.82, 2.24) is 33.9 Å². The minimum atomic E-state index is -3.77. The number of aromatic amines is 2. The van der Waals surface area contributed by atoms with Crippen LogP contribution in [0.3, 0.4) is 0 Å². The Morgan fingerprint density at radius 3 is 2.40 bits per heavy atom. The molecule has 0 saturated carbocycles. The number of fused-ring (bicyclic) bond motifs is 2. The molecule has 1 aromatic carbocycles. The highest BCUT2D eigenvalue weighted by Crippen LogP contribution is 2.29. The van der Waals surface area contributed by atoms with Crippen LogP contribution in [0.1, 0.15) is 36.8 Å². The van der Waals surface area contributed by atoms with Gasteiger partial charge in [0.1, 0.15) is 0 Å². The molecule has 1 aliphatic rings. The van der Waals surface area contributed by atoms with Crippen molar-refractivity contribution in [3.05, 3.63) is 52.2 Å². The molecule has 0 atom stereocenters. The van der Waals surface area contributed by atoms with E-state index >= 15 is 0 Å². The smallest absolute Gasteiger partial charge is 0.323 e. The number of pyridine rings is 1. The lowest BCUT2D eigenvalue weighted by Crippen LogP contribution is -2.50. The van der Waals surface area contributed by atoms with Gasteiger partial charge in [-0.05, 0) is 24.3 Å². The molecule has 0 spiro atoms. The third-order valence-electron chi connectivity index (χ3n) is 6.29. The number of carbonyl (C=O) groups is 1. The van der Waals surface area contributed by atoms with E-state index < -0.39 is 15.7 Å². The molecule has 1 saturated heterocycles. The van der Waals surface area contributed by atoms with Gasteiger partial charge in [-0.15, -0.1) is 0 Å². The van der Waals surface area contributed by atoms with Crippen LogP contribution < -0.4 is 5.69 Å². The van der Waals surface area contributed by atoms with E-state index in [4.69, 9.17) is 0 Å². The normalized spacial score (nSPS) is 15.8. The summed E-state index contributed by atoms with van der Waals surface area (Å²) in [6, 6.07) is 6.31. The van der Waals surface area contributed by atoms with E-state index in [0.29, 0.717) is 22.2 Å². The number of aryl methyl sites for hydroxylation is 1. The van der Waals surface area contributed by atoms with Crippen molar-refractivity contribution in [3.8, 4) is 0 Å². The second-order valence-electron chi connectivity index (χ2n) is 9.80. The van der Waals surface area contributed by atoms with Gasteiger partial charge >= 0.3 is 5.69 Å². The second kappa shape index (κ2) is 8.02. The molecule has 0 bridgehead atoms. The van der Waals surface area contributed by atoms with Gasteiger partial charge in [0.05, 0.1) is 27.2 Å². The molecule has 184 valence electrons. The van der Waals surface area contributed by atoms with Crippen molar-refractivity contribution in [2.45, 2.75) is 31.1 Å². The van der Waals surface area contributed by atoms with Gasteiger partial charge in [-0.25, -0.2) is 18.2 Å². The summed E-state index contributed by atoms with van der Waals surface area (Å²) in [5.41, 5.74) is 2.40. The number of hydrogen-bond donors (Lipinski definition) is 2. The van der Waals surface area contributed by atoms with Crippen LogP contribution in [0.5, 0.6) is 0 Å². The molecule has 35 heavy (non-hydrogen) atoms. The lowest BCUT2D eigenvalue weighted by Gasteiger charge is -2.34. The van der Waals surface area contributed by atoms with Crippen LogP contribution in [0.2, 0.25) is 0 Å². The van der Waals surface area contributed by atoms with Crippen LogP contribution in [-0.2, 0) is 22.5 Å². The van der Waals surface area contributed by atoms with Gasteiger partial charge in [0, 0.05) is 50.2 Å². The molecule has 1 fully saturated rings. The lowest BCUT2D eigenvalue weighted by molar-refractivity contribution is 0.0697. The van der Waals surface area contributed by atoms with Gasteiger partial charge in [0.15, 0.2) is 5.65 Å². The Morgan fingerprint density at radius 1 is 1.03 bits per heavy atom. The number of rotatable bonds is 3. The van der Waals surface area contributed by atoms with E-state index in [1.807, 2.05) is 13.1 Å². The SMILES string of the molecule is Cn1nc(C(C)(C)C)c2cc(C(=O)N3CCN(S(=O)(=O)c4ccc5[nH]c(=O)[nH]c5c4)CC3)cnc21. The van der Waals surface area contributed by atoms with Crippen molar-refractivity contribution >= 4 is 38.0 Å². The number of aromatic nitrogens is 5. The van der Waals surface area contributed by atoms with Gasteiger partial charge in [-0.2, -0.15) is 9.40 Å². The first-order chi connectivity index (χ1) is 16.4. The minimum Gasteiger partial charge on any atom is -0.336 e. The van der Waals surface area contributed by atoms with Crippen LogP contribution in [0, 0.1) is 0 Å². The summed E-state index contributed by atoms with van der Waals surface area (Å²) in [6.45, 7) is 7.06. The van der Waals surface area contributed by atoms with E-state index in [1.165, 1.54) is 16.4 Å². The van der Waals surface area contributed by atoms with Crippen LogP contribution >= 0.6 is 0 Å². The van der Waals surface area contributed by atoms with Crippen molar-refractivity contribution in [2.24, 2.45) is 7.05 Å². The first kappa shape index (κ1) is 23.2. The fourth-order valence-electron chi connectivity index (χ4n) is 4.45. The largest absolute Gasteiger partial charge is 0.336 e. The maximum atomic E-state index is 13.2. The number of benzene rings is 1. The molecule has 1 aliphatic heterocycles. The van der Waals surface area contributed by atoms with Crippen molar-refractivity contribution in [3.63, 3.8) is 0 Å². The molecule has 11 nitrogen and oxygen atoms in total. The monoisotopic (exact) mass is 497 g/mol. The molecule has 0 unspecified atom stereocenters. The molecule has 0 radical (unpaired) electrons. The third kappa shape index (κ3) is 4.02. The Bertz CT molecular complexity index is 1620. The minimum absolute atomic E-state index is 0.0981. The summed E-state index contributed by atoms with van der Waals surface area (Å²) < 4.78 is 29.4. The van der Waals surface area contributed by atoms with E-state index in [2.05, 4.69) is 40.8 Å². The molecule has 3 aromatic heterocycles. The third-order valence-corrected chi connectivity index (χ3v) is 8.18. The van der Waals surface area contributed by atoms with Crippen molar-refractivity contribution in [1.29, 1.82) is 0 Å². The zero-order valence-corrected chi connectivity index (χ0v) is 20.8. The van der Waals surface area contributed by atoms with E-state index in [0.717, 1.165) is 11.1 Å². The number of amides is 1. The van der Waals surface area contributed by atoms with Gasteiger partial charge < -0.3 is 14.9 Å².